The van der Waals surface area contributed by atoms with Gasteiger partial charge < -0.3 is 45.1 Å². The van der Waals surface area contributed by atoms with Crippen LogP contribution in [0.1, 0.15) is 155 Å². The van der Waals surface area contributed by atoms with Crippen molar-refractivity contribution in [3.05, 3.63) is 95.7 Å². The van der Waals surface area contributed by atoms with Gasteiger partial charge in [-0.3, -0.25) is 23.2 Å². The molecule has 2 heterocycles. The van der Waals surface area contributed by atoms with Crippen molar-refractivity contribution in [1.29, 1.82) is 0 Å². The Kier molecular flexibility index (Phi) is 33.7. The summed E-state index contributed by atoms with van der Waals surface area (Å²) < 4.78 is 56.6. The average Bonchev–Trinajstić information content (AvgIpc) is 3.60. The van der Waals surface area contributed by atoms with Gasteiger partial charge >= 0.3 is 33.3 Å². The number of esters is 2. The van der Waals surface area contributed by atoms with Gasteiger partial charge in [-0.05, 0) is 76.7 Å². The molecule has 1 aromatic heterocycles. The molecule has 19 nitrogen and oxygen atoms in total. The van der Waals surface area contributed by atoms with Crippen molar-refractivity contribution in [1.82, 2.24) is 9.55 Å². The molecule has 0 spiro atoms. The van der Waals surface area contributed by atoms with E-state index in [1.165, 1.54) is 31.7 Å². The second kappa shape index (κ2) is 37.8. The maximum absolute atomic E-state index is 12.8. The number of unbranched alkanes of at least 4 members (excludes halogenated alkanes) is 11. The van der Waals surface area contributed by atoms with E-state index in [1.54, 1.807) is 0 Å². The summed E-state index contributed by atoms with van der Waals surface area (Å²) in [6, 6.07) is 1.24. The zero-order chi connectivity index (χ0) is 52.2. The minimum absolute atomic E-state index is 0.0494. The molecule has 1 aliphatic rings. The zero-order valence-corrected chi connectivity index (χ0v) is 43.4. The van der Waals surface area contributed by atoms with Crippen LogP contribution in [-0.4, -0.2) is 96.9 Å². The number of aliphatic hydroxyl groups excluding tert-OH is 3. The highest BCUT2D eigenvalue weighted by molar-refractivity contribution is 7.61. The molecule has 21 heteroatoms. The van der Waals surface area contributed by atoms with Gasteiger partial charge in [-0.2, -0.15) is 9.29 Å². The van der Waals surface area contributed by atoms with Crippen LogP contribution in [0.25, 0.3) is 0 Å². The molecule has 2 unspecified atom stereocenters. The standard InChI is InChI=1S/C50H81N3O16P2/c1-3-5-7-8-9-10-11-12-13-14-18-21-24-27-30-34-45(55)64-38-42(67-46(56)35-31-28-25-22-19-16-15-17-20-23-26-29-33-41(54)32-6-4-2)39-65-70(60,61)69-71(62,63)66-40-43-47(57)48(58)49(68-43)53-37-36-44(51)52-50(53)59/h10-13,15-16,20,22-23,25,29,33,36-37,41-43,47-49,54,57-58H,3-9,14,17-19,21,24,26-28,30-32,34-35,38-40H2,1-2H3,(H,60,61)(H,62,63)(H2,51,52,59)/b11-10-,13-12-,16-15-,23-20-,25-22-,33-29-/t41-,42-,43-,47-,48-,49-/m1/s1. The Morgan fingerprint density at radius 3 is 1.99 bits per heavy atom. The molecule has 0 amide bonds. The number of hydrogen-bond acceptors (Lipinski definition) is 16. The van der Waals surface area contributed by atoms with E-state index in [-0.39, 0.29) is 18.7 Å². The number of nitrogens with two attached hydrogens (primary N) is 1. The smallest absolute Gasteiger partial charge is 0.462 e. The fraction of sp³-hybridized carbons (Fsp3) is 0.640. The van der Waals surface area contributed by atoms with Gasteiger partial charge in [-0.25, -0.2) is 13.9 Å². The lowest BCUT2D eigenvalue weighted by Crippen LogP contribution is -2.36. The minimum Gasteiger partial charge on any atom is -0.462 e. The molecule has 2 rings (SSSR count). The van der Waals surface area contributed by atoms with Gasteiger partial charge in [0.25, 0.3) is 0 Å². The van der Waals surface area contributed by atoms with Gasteiger partial charge in [0.1, 0.15) is 30.7 Å². The fourth-order valence-corrected chi connectivity index (χ4v) is 9.01. The van der Waals surface area contributed by atoms with Crippen LogP contribution in [-0.2, 0) is 46.3 Å². The van der Waals surface area contributed by atoms with Crippen molar-refractivity contribution in [2.75, 3.05) is 25.6 Å². The van der Waals surface area contributed by atoms with E-state index in [4.69, 9.17) is 29.0 Å². The van der Waals surface area contributed by atoms with Crippen LogP contribution in [0.5, 0.6) is 0 Å². The Morgan fingerprint density at radius 2 is 1.32 bits per heavy atom. The average molecular weight is 1040 g/mol. The molecule has 7 N–H and O–H groups in total. The van der Waals surface area contributed by atoms with E-state index in [2.05, 4.69) is 53.5 Å². The summed E-state index contributed by atoms with van der Waals surface area (Å²) in [5.41, 5.74) is 4.57. The van der Waals surface area contributed by atoms with Crippen LogP contribution >= 0.6 is 15.6 Å². The number of aliphatic hydroxyl groups is 3. The van der Waals surface area contributed by atoms with Crippen molar-refractivity contribution >= 4 is 33.4 Å². The third kappa shape index (κ3) is 30.7. The number of hydrogen-bond donors (Lipinski definition) is 6. The largest absolute Gasteiger partial charge is 0.481 e. The first kappa shape index (κ1) is 63.3. The van der Waals surface area contributed by atoms with E-state index in [0.29, 0.717) is 25.7 Å². The number of carbonyl (C=O) groups excluding carboxylic acids is 2. The van der Waals surface area contributed by atoms with Crippen LogP contribution in [0.2, 0.25) is 0 Å². The van der Waals surface area contributed by atoms with Crippen LogP contribution < -0.4 is 11.4 Å². The lowest BCUT2D eigenvalue weighted by atomic mass is 10.1. The lowest BCUT2D eigenvalue weighted by Gasteiger charge is -2.21. The van der Waals surface area contributed by atoms with Crippen molar-refractivity contribution in [3.63, 3.8) is 0 Å². The molecule has 402 valence electrons. The fourth-order valence-electron chi connectivity index (χ4n) is 6.90. The van der Waals surface area contributed by atoms with Crippen LogP contribution in [0.4, 0.5) is 5.82 Å². The Labute approximate surface area is 419 Å². The summed E-state index contributed by atoms with van der Waals surface area (Å²) in [4.78, 5) is 61.8. The number of allylic oxidation sites excluding steroid dienone is 11. The van der Waals surface area contributed by atoms with E-state index in [0.717, 1.165) is 81.4 Å². The number of carbonyl (C=O) groups is 2. The number of nitrogen functional groups attached to an aromatic ring is 1. The molecule has 1 saturated heterocycles. The predicted octanol–water partition coefficient (Wildman–Crippen LogP) is 9.08. The molecule has 1 fully saturated rings. The number of anilines is 1. The minimum atomic E-state index is -5.45. The molecule has 0 saturated carbocycles. The second-order valence-electron chi connectivity index (χ2n) is 17.2. The number of phosphoric ester groups is 2. The van der Waals surface area contributed by atoms with Gasteiger partial charge in [0.2, 0.25) is 0 Å². The highest BCUT2D eigenvalue weighted by Gasteiger charge is 2.46. The molecular formula is C50H81N3O16P2. The first-order valence-electron chi connectivity index (χ1n) is 25.1. The maximum Gasteiger partial charge on any atom is 0.481 e. The number of phosphoric acid groups is 2. The highest BCUT2D eigenvalue weighted by atomic mass is 31.3. The number of aromatic nitrogens is 2. The molecular weight excluding hydrogens is 961 g/mol. The summed E-state index contributed by atoms with van der Waals surface area (Å²) in [5.74, 6) is -1.42. The van der Waals surface area contributed by atoms with Crippen molar-refractivity contribution in [3.8, 4) is 0 Å². The van der Waals surface area contributed by atoms with E-state index in [1.807, 2.05) is 42.5 Å². The summed E-state index contributed by atoms with van der Waals surface area (Å²) in [5, 5.41) is 30.8. The lowest BCUT2D eigenvalue weighted by molar-refractivity contribution is -0.161. The Bertz CT molecular complexity index is 1990. The van der Waals surface area contributed by atoms with E-state index < -0.39 is 89.8 Å². The van der Waals surface area contributed by atoms with Crippen molar-refractivity contribution in [2.24, 2.45) is 0 Å². The molecule has 0 aromatic carbocycles. The summed E-state index contributed by atoms with van der Waals surface area (Å²) in [7, 11) is -10.9. The van der Waals surface area contributed by atoms with Crippen molar-refractivity contribution < 1.29 is 71.4 Å². The molecule has 71 heavy (non-hydrogen) atoms. The van der Waals surface area contributed by atoms with Gasteiger partial charge in [0.05, 0.1) is 19.3 Å². The van der Waals surface area contributed by atoms with Crippen molar-refractivity contribution in [2.45, 2.75) is 185 Å². The second-order valence-corrected chi connectivity index (χ2v) is 20.2. The number of rotatable bonds is 40. The highest BCUT2D eigenvalue weighted by Crippen LogP contribution is 2.60. The van der Waals surface area contributed by atoms with Gasteiger partial charge in [0.15, 0.2) is 12.3 Å². The predicted molar refractivity (Wildman–Crippen MR) is 271 cm³/mol. The van der Waals surface area contributed by atoms with Gasteiger partial charge in [-0.1, -0.05) is 138 Å². The van der Waals surface area contributed by atoms with E-state index >= 15 is 0 Å². The molecule has 0 radical (unpaired) electrons. The maximum atomic E-state index is 12.8. The molecule has 1 aromatic rings. The number of ether oxygens (including phenoxy) is 3. The monoisotopic (exact) mass is 1040 g/mol. The van der Waals surface area contributed by atoms with Gasteiger partial charge in [0, 0.05) is 19.0 Å². The SMILES string of the molecule is CCCCCC/C=C\C=C/CCCCCCCC(=O)OC[C@H](COP(=O)(O)OP(=O)(O)OC[C@H]1O[C@@H](n2ccc(N)nc2=O)[C@H](O)[C@@H]1O)OC(=O)CCC/C=C\C/C=C\C/C=C\C/C=C\[C@H](O)CCCC. The third-order valence-electron chi connectivity index (χ3n) is 10.9. The first-order chi connectivity index (χ1) is 34.1. The number of nitrogens with zero attached hydrogens (tertiary/aromatic N) is 2. The zero-order valence-electron chi connectivity index (χ0n) is 41.6. The Hall–Kier alpha value is -3.84. The summed E-state index contributed by atoms with van der Waals surface area (Å²) in [6.45, 7) is 1.89. The van der Waals surface area contributed by atoms with Crippen LogP contribution in [0.3, 0.4) is 0 Å². The van der Waals surface area contributed by atoms with E-state index in [9.17, 15) is 48.6 Å². The Balaban J connectivity index is 1.85. The summed E-state index contributed by atoms with van der Waals surface area (Å²) >= 11 is 0. The topological polar surface area (TPSA) is 286 Å². The van der Waals surface area contributed by atoms with Crippen LogP contribution in [0, 0.1) is 0 Å². The van der Waals surface area contributed by atoms with Gasteiger partial charge in [-0.15, -0.1) is 0 Å². The van der Waals surface area contributed by atoms with Crippen LogP contribution in [0.15, 0.2) is 90.0 Å². The quantitative estimate of drug-likeness (QED) is 0.0117. The molecule has 0 bridgehead atoms. The molecule has 0 aliphatic carbocycles. The first-order valence-corrected chi connectivity index (χ1v) is 28.0. The molecule has 1 aliphatic heterocycles. The third-order valence-corrected chi connectivity index (χ3v) is 13.5. The Morgan fingerprint density at radius 1 is 0.746 bits per heavy atom. The summed E-state index contributed by atoms with van der Waals surface area (Å²) in [6.07, 6.45) is 34.7. The normalized spacial score (nSPS) is 20.2. The molecule has 8 atom stereocenters.